The zero-order valence-electron chi connectivity index (χ0n) is 15.3. The van der Waals surface area contributed by atoms with Crippen LogP contribution in [0.4, 0.5) is 0 Å². The van der Waals surface area contributed by atoms with Crippen molar-refractivity contribution in [2.45, 2.75) is 70.8 Å². The van der Waals surface area contributed by atoms with Crippen LogP contribution in [0.5, 0.6) is 0 Å². The summed E-state index contributed by atoms with van der Waals surface area (Å²) in [4.78, 5) is 22.6. The van der Waals surface area contributed by atoms with Crippen molar-refractivity contribution in [3.05, 3.63) is 24.3 Å². The summed E-state index contributed by atoms with van der Waals surface area (Å²) in [7, 11) is 0. The number of aliphatic hydroxyl groups is 1. The highest BCUT2D eigenvalue weighted by atomic mass is 16.4. The van der Waals surface area contributed by atoms with Crippen LogP contribution in [0.1, 0.15) is 65.2 Å². The Morgan fingerprint density at radius 3 is 2.84 bits per heavy atom. The molecule has 0 heterocycles. The Morgan fingerprint density at radius 1 is 1.40 bits per heavy atom. The number of carboxylic acid groups (broad SMARTS) is 1. The maximum absolute atomic E-state index is 12.1. The molecule has 2 N–H and O–H groups in total. The first-order valence-corrected chi connectivity index (χ1v) is 9.06. The van der Waals surface area contributed by atoms with Crippen LogP contribution < -0.4 is 0 Å². The maximum Gasteiger partial charge on any atom is 0.303 e. The molecule has 25 heavy (non-hydrogen) atoms. The molecule has 3 atom stereocenters. The first-order chi connectivity index (χ1) is 11.9. The third kappa shape index (κ3) is 8.69. The molecule has 1 aliphatic carbocycles. The molecule has 4 nitrogen and oxygen atoms in total. The van der Waals surface area contributed by atoms with Gasteiger partial charge in [-0.15, -0.1) is 11.8 Å². The molecule has 1 aliphatic rings. The average molecular weight is 346 g/mol. The van der Waals surface area contributed by atoms with Gasteiger partial charge in [-0.25, -0.2) is 0 Å². The van der Waals surface area contributed by atoms with E-state index in [1.54, 1.807) is 13.8 Å². The van der Waals surface area contributed by atoms with E-state index in [0.717, 1.165) is 12.8 Å². The molecule has 0 spiro atoms. The van der Waals surface area contributed by atoms with Gasteiger partial charge in [0.15, 0.2) is 0 Å². The van der Waals surface area contributed by atoms with Crippen LogP contribution in [-0.2, 0) is 9.59 Å². The lowest BCUT2D eigenvalue weighted by Crippen LogP contribution is -2.21. The second-order valence-corrected chi connectivity index (χ2v) is 6.91. The molecule has 0 aliphatic heterocycles. The lowest BCUT2D eigenvalue weighted by atomic mass is 9.89. The molecule has 4 heteroatoms. The molecule has 0 bridgehead atoms. The van der Waals surface area contributed by atoms with Crippen molar-refractivity contribution >= 4 is 11.8 Å². The molecule has 138 valence electrons. The van der Waals surface area contributed by atoms with Crippen molar-refractivity contribution in [2.75, 3.05) is 0 Å². The van der Waals surface area contributed by atoms with E-state index in [0.29, 0.717) is 32.1 Å². The Morgan fingerprint density at radius 2 is 2.16 bits per heavy atom. The largest absolute Gasteiger partial charge is 0.481 e. The Hall–Kier alpha value is -1.86. The van der Waals surface area contributed by atoms with Crippen molar-refractivity contribution < 1.29 is 19.8 Å². The molecule has 0 radical (unpaired) electrons. The minimum Gasteiger partial charge on any atom is -0.481 e. The van der Waals surface area contributed by atoms with Gasteiger partial charge in [-0.05, 0) is 51.9 Å². The van der Waals surface area contributed by atoms with Crippen molar-refractivity contribution in [1.29, 1.82) is 0 Å². The number of carbonyl (C=O) groups excluding carboxylic acids is 1. The predicted molar refractivity (Wildman–Crippen MR) is 98.9 cm³/mol. The monoisotopic (exact) mass is 346 g/mol. The van der Waals surface area contributed by atoms with Gasteiger partial charge >= 0.3 is 5.97 Å². The van der Waals surface area contributed by atoms with Crippen LogP contribution in [-0.4, -0.2) is 27.6 Å². The van der Waals surface area contributed by atoms with Crippen LogP contribution in [0, 0.1) is 23.7 Å². The lowest BCUT2D eigenvalue weighted by molar-refractivity contribution is -0.137. The van der Waals surface area contributed by atoms with Crippen LogP contribution in [0.15, 0.2) is 24.3 Å². The number of aliphatic carboxylic acids is 1. The Bertz CT molecular complexity index is 560. The van der Waals surface area contributed by atoms with Gasteiger partial charge in [0.05, 0.1) is 5.60 Å². The van der Waals surface area contributed by atoms with Crippen LogP contribution in [0.25, 0.3) is 0 Å². The number of ketones is 1. The van der Waals surface area contributed by atoms with E-state index in [9.17, 15) is 14.7 Å². The van der Waals surface area contributed by atoms with E-state index >= 15 is 0 Å². The topological polar surface area (TPSA) is 74.6 Å². The summed E-state index contributed by atoms with van der Waals surface area (Å²) in [5.74, 6) is 5.42. The number of Topliss-reactive ketones (excluding diaryl/α,β-unsaturated/α-hetero) is 1. The van der Waals surface area contributed by atoms with E-state index in [2.05, 4.69) is 11.8 Å². The molecular formula is C21H30O4. The molecule has 0 saturated heterocycles. The molecular weight excluding hydrogens is 316 g/mol. The molecule has 1 fully saturated rings. The number of rotatable bonds is 10. The zero-order valence-corrected chi connectivity index (χ0v) is 15.3. The van der Waals surface area contributed by atoms with Crippen LogP contribution in [0.2, 0.25) is 0 Å². The summed E-state index contributed by atoms with van der Waals surface area (Å²) >= 11 is 0. The van der Waals surface area contributed by atoms with Gasteiger partial charge in [0.1, 0.15) is 5.78 Å². The zero-order chi connectivity index (χ0) is 18.7. The van der Waals surface area contributed by atoms with E-state index in [1.807, 2.05) is 24.3 Å². The molecule has 0 aromatic heterocycles. The van der Waals surface area contributed by atoms with Gasteiger partial charge in [-0.2, -0.15) is 0 Å². The highest BCUT2D eigenvalue weighted by molar-refractivity contribution is 5.83. The van der Waals surface area contributed by atoms with Crippen LogP contribution >= 0.6 is 0 Å². The molecule has 1 saturated carbocycles. The van der Waals surface area contributed by atoms with E-state index in [4.69, 9.17) is 5.11 Å². The van der Waals surface area contributed by atoms with Gasteiger partial charge in [0, 0.05) is 25.2 Å². The third-order valence-corrected chi connectivity index (χ3v) is 4.61. The quantitative estimate of drug-likeness (QED) is 0.357. The fraction of sp³-hybridized carbons (Fsp3) is 0.619. The fourth-order valence-corrected chi connectivity index (χ4v) is 3.06. The minimum absolute atomic E-state index is 0.0294. The third-order valence-electron chi connectivity index (χ3n) is 4.61. The number of allylic oxidation sites excluding steroid dienone is 3. The Balaban J connectivity index is 2.50. The van der Waals surface area contributed by atoms with Gasteiger partial charge in [-0.3, -0.25) is 9.59 Å². The highest BCUT2D eigenvalue weighted by Gasteiger charge is 2.32. The number of carboxylic acids is 1. The van der Waals surface area contributed by atoms with Gasteiger partial charge < -0.3 is 10.2 Å². The number of unbranched alkanes of at least 4 members (excludes halogenated alkanes) is 1. The first-order valence-electron chi connectivity index (χ1n) is 9.06. The summed E-state index contributed by atoms with van der Waals surface area (Å²) in [6.45, 7) is 3.56. The maximum atomic E-state index is 12.1. The molecule has 0 aromatic rings. The van der Waals surface area contributed by atoms with Crippen molar-refractivity contribution in [2.24, 2.45) is 11.8 Å². The SMILES string of the molecule is CC#CCCC(C)(O)/C=C/[C@H]1CCC(=O)[C@@H]1C/C=C\CCCC(=O)O. The summed E-state index contributed by atoms with van der Waals surface area (Å²) < 4.78 is 0. The summed E-state index contributed by atoms with van der Waals surface area (Å²) in [5, 5.41) is 19.0. The van der Waals surface area contributed by atoms with Crippen molar-refractivity contribution in [1.82, 2.24) is 0 Å². The van der Waals surface area contributed by atoms with Gasteiger partial charge in [0.25, 0.3) is 0 Å². The van der Waals surface area contributed by atoms with Crippen LogP contribution in [0.3, 0.4) is 0 Å². The number of hydrogen-bond donors (Lipinski definition) is 2. The lowest BCUT2D eigenvalue weighted by Gasteiger charge is -2.19. The van der Waals surface area contributed by atoms with E-state index in [-0.39, 0.29) is 24.0 Å². The Labute approximate surface area is 151 Å². The summed E-state index contributed by atoms with van der Waals surface area (Å²) in [6.07, 6.45) is 12.6. The second kappa shape index (κ2) is 10.9. The van der Waals surface area contributed by atoms with Crippen molar-refractivity contribution in [3.8, 4) is 11.8 Å². The number of carbonyl (C=O) groups is 2. The molecule has 1 unspecified atom stereocenters. The first kappa shape index (κ1) is 21.2. The normalized spacial score (nSPS) is 22.9. The highest BCUT2D eigenvalue weighted by Crippen LogP contribution is 2.33. The smallest absolute Gasteiger partial charge is 0.303 e. The molecule has 1 rings (SSSR count). The average Bonchev–Trinajstić information content (AvgIpc) is 2.89. The fourth-order valence-electron chi connectivity index (χ4n) is 3.06. The summed E-state index contributed by atoms with van der Waals surface area (Å²) in [5.41, 5.74) is -0.896. The number of hydrogen-bond acceptors (Lipinski definition) is 3. The molecule has 0 aromatic carbocycles. The predicted octanol–water partition coefficient (Wildman–Crippen LogP) is 3.89. The second-order valence-electron chi connectivity index (χ2n) is 6.91. The van der Waals surface area contributed by atoms with Gasteiger partial charge in [0.2, 0.25) is 0 Å². The van der Waals surface area contributed by atoms with Crippen molar-refractivity contribution in [3.63, 3.8) is 0 Å². The van der Waals surface area contributed by atoms with Gasteiger partial charge in [-0.1, -0.05) is 24.3 Å². The standard InChI is InChI=1S/C21H30O4/c1-3-4-9-15-21(2,25)16-14-17-12-13-19(22)18(17)10-7-5-6-8-11-20(23)24/h5,7,14,16-18,25H,6,8-13,15H2,1-2H3,(H,23,24)/b7-5-,16-14+/t17-,18-,21?/m1/s1. The Kier molecular flexibility index (Phi) is 9.23. The molecule has 0 amide bonds. The minimum atomic E-state index is -0.896. The van der Waals surface area contributed by atoms with E-state index < -0.39 is 11.6 Å². The summed E-state index contributed by atoms with van der Waals surface area (Å²) in [6, 6.07) is 0. The van der Waals surface area contributed by atoms with E-state index in [1.165, 1.54) is 0 Å².